The SMILES string of the molecule is OCCCN(c1ccccc1)c1ccccc1. The lowest BCUT2D eigenvalue weighted by atomic mass is 10.2. The standard InChI is InChI=1S/C15H17NO/c17-13-7-12-16(14-8-3-1-4-9-14)15-10-5-2-6-11-15/h1-6,8-11,17H,7,12-13H2. The van der Waals surface area contributed by atoms with Gasteiger partial charge < -0.3 is 10.0 Å². The molecule has 0 unspecified atom stereocenters. The highest BCUT2D eigenvalue weighted by atomic mass is 16.3. The summed E-state index contributed by atoms with van der Waals surface area (Å²) in [4.78, 5) is 2.22. The van der Waals surface area contributed by atoms with Gasteiger partial charge in [0.2, 0.25) is 0 Å². The molecule has 0 aliphatic carbocycles. The first-order valence-electron chi connectivity index (χ1n) is 5.90. The zero-order valence-electron chi connectivity index (χ0n) is 9.79. The molecule has 2 aromatic rings. The molecule has 2 aromatic carbocycles. The quantitative estimate of drug-likeness (QED) is 0.847. The Hall–Kier alpha value is -1.80. The lowest BCUT2D eigenvalue weighted by molar-refractivity contribution is 0.291. The van der Waals surface area contributed by atoms with Crippen LogP contribution < -0.4 is 4.90 Å². The highest BCUT2D eigenvalue weighted by Gasteiger charge is 2.07. The summed E-state index contributed by atoms with van der Waals surface area (Å²) >= 11 is 0. The molecule has 0 aromatic heterocycles. The average Bonchev–Trinajstić information content (AvgIpc) is 2.42. The molecule has 0 spiro atoms. The second-order valence-electron chi connectivity index (χ2n) is 3.90. The van der Waals surface area contributed by atoms with Gasteiger partial charge in [-0.15, -0.1) is 0 Å². The van der Waals surface area contributed by atoms with Gasteiger partial charge in [-0.05, 0) is 30.7 Å². The number of anilines is 2. The summed E-state index contributed by atoms with van der Waals surface area (Å²) in [6.07, 6.45) is 0.768. The number of benzene rings is 2. The van der Waals surface area contributed by atoms with E-state index in [0.717, 1.165) is 24.3 Å². The van der Waals surface area contributed by atoms with Gasteiger partial charge in [-0.25, -0.2) is 0 Å². The Bertz CT molecular complexity index is 388. The molecular formula is C15H17NO. The van der Waals surface area contributed by atoms with Gasteiger partial charge in [-0.1, -0.05) is 36.4 Å². The Morgan fingerprint density at radius 2 is 1.24 bits per heavy atom. The number of rotatable bonds is 5. The fourth-order valence-corrected chi connectivity index (χ4v) is 1.85. The van der Waals surface area contributed by atoms with Crippen molar-refractivity contribution in [3.05, 3.63) is 60.7 Å². The van der Waals surface area contributed by atoms with E-state index < -0.39 is 0 Å². The number of aliphatic hydroxyl groups excluding tert-OH is 1. The first-order valence-corrected chi connectivity index (χ1v) is 5.90. The van der Waals surface area contributed by atoms with Crippen molar-refractivity contribution in [2.75, 3.05) is 18.1 Å². The van der Waals surface area contributed by atoms with E-state index in [1.54, 1.807) is 0 Å². The molecule has 0 heterocycles. The van der Waals surface area contributed by atoms with E-state index in [2.05, 4.69) is 29.2 Å². The van der Waals surface area contributed by atoms with Crippen molar-refractivity contribution in [1.82, 2.24) is 0 Å². The maximum absolute atomic E-state index is 8.98. The Labute approximate surface area is 102 Å². The molecule has 0 amide bonds. The number of hydrogen-bond acceptors (Lipinski definition) is 2. The zero-order valence-corrected chi connectivity index (χ0v) is 9.79. The van der Waals surface area contributed by atoms with E-state index in [1.165, 1.54) is 0 Å². The fraction of sp³-hybridized carbons (Fsp3) is 0.200. The van der Waals surface area contributed by atoms with Crippen molar-refractivity contribution in [1.29, 1.82) is 0 Å². The van der Waals surface area contributed by atoms with E-state index in [-0.39, 0.29) is 6.61 Å². The summed E-state index contributed by atoms with van der Waals surface area (Å²) in [6.45, 7) is 1.04. The second kappa shape index (κ2) is 6.06. The smallest absolute Gasteiger partial charge is 0.0448 e. The molecule has 0 atom stereocenters. The molecule has 0 radical (unpaired) electrons. The first-order chi connectivity index (χ1) is 8.42. The number of aliphatic hydroxyl groups is 1. The molecule has 1 N–H and O–H groups in total. The van der Waals surface area contributed by atoms with Gasteiger partial charge in [0.15, 0.2) is 0 Å². The molecule has 0 bridgehead atoms. The van der Waals surface area contributed by atoms with Crippen molar-refractivity contribution < 1.29 is 5.11 Å². The summed E-state index contributed by atoms with van der Waals surface area (Å²) in [5.41, 5.74) is 2.32. The van der Waals surface area contributed by atoms with Crippen LogP contribution in [0.1, 0.15) is 6.42 Å². The molecule has 0 aliphatic heterocycles. The van der Waals surface area contributed by atoms with Crippen LogP contribution in [-0.4, -0.2) is 18.3 Å². The van der Waals surface area contributed by atoms with Crippen molar-refractivity contribution in [2.24, 2.45) is 0 Å². The summed E-state index contributed by atoms with van der Waals surface area (Å²) in [6, 6.07) is 20.5. The predicted octanol–water partition coefficient (Wildman–Crippen LogP) is 3.21. The van der Waals surface area contributed by atoms with Crippen LogP contribution in [0.5, 0.6) is 0 Å². The van der Waals surface area contributed by atoms with Crippen LogP contribution in [0.25, 0.3) is 0 Å². The Morgan fingerprint density at radius 3 is 1.65 bits per heavy atom. The van der Waals surface area contributed by atoms with Crippen LogP contribution in [0.3, 0.4) is 0 Å². The summed E-state index contributed by atoms with van der Waals surface area (Å²) < 4.78 is 0. The van der Waals surface area contributed by atoms with Crippen LogP contribution in [0.2, 0.25) is 0 Å². The van der Waals surface area contributed by atoms with Crippen LogP contribution in [0.15, 0.2) is 60.7 Å². The molecule has 0 fully saturated rings. The third-order valence-electron chi connectivity index (χ3n) is 2.68. The third-order valence-corrected chi connectivity index (χ3v) is 2.68. The normalized spacial score (nSPS) is 10.2. The zero-order chi connectivity index (χ0) is 11.9. The molecule has 0 aliphatic rings. The van der Waals surface area contributed by atoms with Crippen molar-refractivity contribution in [2.45, 2.75) is 6.42 Å². The van der Waals surface area contributed by atoms with E-state index in [4.69, 9.17) is 5.11 Å². The lowest BCUT2D eigenvalue weighted by Crippen LogP contribution is -2.19. The van der Waals surface area contributed by atoms with Crippen molar-refractivity contribution in [3.8, 4) is 0 Å². The molecule has 0 saturated heterocycles. The summed E-state index contributed by atoms with van der Waals surface area (Å²) in [5.74, 6) is 0. The first kappa shape index (κ1) is 11.7. The van der Waals surface area contributed by atoms with E-state index in [1.807, 2.05) is 36.4 Å². The van der Waals surface area contributed by atoms with Crippen LogP contribution in [-0.2, 0) is 0 Å². The highest BCUT2D eigenvalue weighted by molar-refractivity contribution is 5.62. The molecular weight excluding hydrogens is 210 g/mol. The third kappa shape index (κ3) is 3.08. The molecule has 2 nitrogen and oxygen atoms in total. The maximum Gasteiger partial charge on any atom is 0.0448 e. The second-order valence-corrected chi connectivity index (χ2v) is 3.90. The fourth-order valence-electron chi connectivity index (χ4n) is 1.85. The number of hydrogen-bond donors (Lipinski definition) is 1. The minimum absolute atomic E-state index is 0.218. The van der Waals surface area contributed by atoms with E-state index in [0.29, 0.717) is 0 Å². The lowest BCUT2D eigenvalue weighted by Gasteiger charge is -2.24. The largest absolute Gasteiger partial charge is 0.396 e. The topological polar surface area (TPSA) is 23.5 Å². The predicted molar refractivity (Wildman–Crippen MR) is 71.6 cm³/mol. The monoisotopic (exact) mass is 227 g/mol. The van der Waals surface area contributed by atoms with Crippen LogP contribution in [0, 0.1) is 0 Å². The molecule has 2 rings (SSSR count). The molecule has 0 saturated carbocycles. The van der Waals surface area contributed by atoms with Gasteiger partial charge in [0.25, 0.3) is 0 Å². The minimum Gasteiger partial charge on any atom is -0.396 e. The number of para-hydroxylation sites is 2. The highest BCUT2D eigenvalue weighted by Crippen LogP contribution is 2.24. The summed E-state index contributed by atoms with van der Waals surface area (Å²) in [7, 11) is 0. The van der Waals surface area contributed by atoms with Crippen LogP contribution in [0.4, 0.5) is 11.4 Å². The van der Waals surface area contributed by atoms with Crippen LogP contribution >= 0.6 is 0 Å². The molecule has 2 heteroatoms. The van der Waals surface area contributed by atoms with Gasteiger partial charge in [0.05, 0.1) is 0 Å². The maximum atomic E-state index is 8.98. The van der Waals surface area contributed by atoms with Gasteiger partial charge in [-0.2, -0.15) is 0 Å². The number of nitrogens with zero attached hydrogens (tertiary/aromatic N) is 1. The van der Waals surface area contributed by atoms with Gasteiger partial charge in [0, 0.05) is 24.5 Å². The Morgan fingerprint density at radius 1 is 0.765 bits per heavy atom. The Balaban J connectivity index is 2.26. The summed E-state index contributed by atoms with van der Waals surface area (Å²) in [5, 5.41) is 8.98. The van der Waals surface area contributed by atoms with Gasteiger partial charge in [0.1, 0.15) is 0 Å². The average molecular weight is 227 g/mol. The van der Waals surface area contributed by atoms with Gasteiger partial charge in [-0.3, -0.25) is 0 Å². The van der Waals surface area contributed by atoms with Crippen molar-refractivity contribution >= 4 is 11.4 Å². The van der Waals surface area contributed by atoms with Gasteiger partial charge >= 0.3 is 0 Å². The molecule has 88 valence electrons. The Kier molecular flexibility index (Phi) is 4.17. The van der Waals surface area contributed by atoms with E-state index in [9.17, 15) is 0 Å². The van der Waals surface area contributed by atoms with E-state index >= 15 is 0 Å². The molecule has 17 heavy (non-hydrogen) atoms. The van der Waals surface area contributed by atoms with Crippen molar-refractivity contribution in [3.63, 3.8) is 0 Å². The minimum atomic E-state index is 0.218.